The van der Waals surface area contributed by atoms with Crippen LogP contribution in [0.2, 0.25) is 0 Å². The van der Waals surface area contributed by atoms with Crippen molar-refractivity contribution in [1.29, 1.82) is 0 Å². The first kappa shape index (κ1) is 24.8. The molecule has 198 valence electrons. The van der Waals surface area contributed by atoms with Gasteiger partial charge in [-0.2, -0.15) is 0 Å². The Kier molecular flexibility index (Phi) is 6.77. The van der Waals surface area contributed by atoms with Crippen molar-refractivity contribution < 1.29 is 23.1 Å². The molecule has 5 aromatic rings. The predicted molar refractivity (Wildman–Crippen MR) is 149 cm³/mol. The molecule has 8 nitrogen and oxygen atoms in total. The lowest BCUT2D eigenvalue weighted by molar-refractivity contribution is -0.116. The number of nitrogens with zero attached hydrogens (tertiary/aromatic N) is 2. The minimum absolute atomic E-state index is 0.0544. The SMILES string of the molecule is COc1ccc(-c2cc(NC(=O)CCN3CCc4ccccc4C3)cc3nc(-c4ccco4)oc23)cc1OC. The van der Waals surface area contributed by atoms with Gasteiger partial charge in [0, 0.05) is 37.3 Å². The minimum Gasteiger partial charge on any atom is -0.493 e. The van der Waals surface area contributed by atoms with Crippen molar-refractivity contribution >= 4 is 22.7 Å². The molecule has 3 aromatic carbocycles. The van der Waals surface area contributed by atoms with Gasteiger partial charge in [0.05, 0.1) is 20.5 Å². The number of carbonyl (C=O) groups is 1. The number of furan rings is 1. The number of nitrogens with one attached hydrogen (secondary N) is 1. The topological polar surface area (TPSA) is 90.0 Å². The van der Waals surface area contributed by atoms with Crippen LogP contribution in [0.4, 0.5) is 5.69 Å². The minimum atomic E-state index is -0.0544. The van der Waals surface area contributed by atoms with Crippen molar-refractivity contribution in [1.82, 2.24) is 9.88 Å². The number of anilines is 1. The van der Waals surface area contributed by atoms with E-state index in [0.29, 0.717) is 52.9 Å². The highest BCUT2D eigenvalue weighted by Gasteiger charge is 2.20. The number of aromatic nitrogens is 1. The number of carbonyl (C=O) groups excluding carboxylic acids is 1. The van der Waals surface area contributed by atoms with Gasteiger partial charge in [-0.25, -0.2) is 4.98 Å². The maximum absolute atomic E-state index is 13.0. The van der Waals surface area contributed by atoms with E-state index in [2.05, 4.69) is 39.5 Å². The van der Waals surface area contributed by atoms with Gasteiger partial charge in [-0.05, 0) is 59.5 Å². The van der Waals surface area contributed by atoms with E-state index in [1.54, 1.807) is 32.6 Å². The van der Waals surface area contributed by atoms with E-state index >= 15 is 0 Å². The molecule has 8 heteroatoms. The number of rotatable bonds is 8. The molecule has 2 aromatic heterocycles. The Labute approximate surface area is 226 Å². The third kappa shape index (κ3) is 5.11. The molecule has 1 amide bonds. The van der Waals surface area contributed by atoms with E-state index in [9.17, 15) is 4.79 Å². The van der Waals surface area contributed by atoms with Crippen LogP contribution >= 0.6 is 0 Å². The van der Waals surface area contributed by atoms with Crippen LogP contribution in [0.5, 0.6) is 11.5 Å². The van der Waals surface area contributed by atoms with Gasteiger partial charge >= 0.3 is 0 Å². The van der Waals surface area contributed by atoms with Crippen molar-refractivity contribution in [2.24, 2.45) is 0 Å². The van der Waals surface area contributed by atoms with E-state index in [1.807, 2.05) is 30.3 Å². The summed E-state index contributed by atoms with van der Waals surface area (Å²) >= 11 is 0. The van der Waals surface area contributed by atoms with E-state index in [0.717, 1.165) is 30.6 Å². The summed E-state index contributed by atoms with van der Waals surface area (Å²) in [4.78, 5) is 20.0. The van der Waals surface area contributed by atoms with Crippen LogP contribution in [0.3, 0.4) is 0 Å². The Balaban J connectivity index is 1.27. The molecular weight excluding hydrogens is 494 g/mol. The molecule has 0 spiro atoms. The molecule has 0 atom stereocenters. The average molecular weight is 524 g/mol. The number of ether oxygens (including phenoxy) is 2. The Bertz CT molecular complexity index is 1620. The van der Waals surface area contributed by atoms with Crippen LogP contribution in [-0.4, -0.2) is 43.1 Å². The zero-order valence-corrected chi connectivity index (χ0v) is 21.9. The lowest BCUT2D eigenvalue weighted by Gasteiger charge is -2.28. The summed E-state index contributed by atoms with van der Waals surface area (Å²) in [6, 6.07) is 21.5. The lowest BCUT2D eigenvalue weighted by Crippen LogP contribution is -2.33. The number of hydrogen-bond acceptors (Lipinski definition) is 7. The van der Waals surface area contributed by atoms with Crippen LogP contribution in [-0.2, 0) is 17.8 Å². The number of benzene rings is 3. The van der Waals surface area contributed by atoms with Crippen molar-refractivity contribution in [2.45, 2.75) is 19.4 Å². The molecule has 0 aliphatic carbocycles. The normalized spacial score (nSPS) is 13.3. The summed E-state index contributed by atoms with van der Waals surface area (Å²) in [7, 11) is 3.19. The molecule has 1 N–H and O–H groups in total. The molecule has 0 saturated carbocycles. The van der Waals surface area contributed by atoms with Crippen LogP contribution < -0.4 is 14.8 Å². The van der Waals surface area contributed by atoms with Gasteiger partial charge in [0.15, 0.2) is 22.8 Å². The molecule has 0 bridgehead atoms. The first-order valence-electron chi connectivity index (χ1n) is 12.9. The number of fused-ring (bicyclic) bond motifs is 2. The Morgan fingerprint density at radius 2 is 1.85 bits per heavy atom. The third-order valence-electron chi connectivity index (χ3n) is 7.07. The van der Waals surface area contributed by atoms with E-state index in [4.69, 9.17) is 18.3 Å². The fourth-order valence-corrected chi connectivity index (χ4v) is 5.06. The second-order valence-electron chi connectivity index (χ2n) is 9.53. The van der Waals surface area contributed by atoms with Gasteiger partial charge in [-0.15, -0.1) is 0 Å². The summed E-state index contributed by atoms with van der Waals surface area (Å²) in [5.74, 6) is 2.05. The molecular formula is C31H29N3O5. The summed E-state index contributed by atoms with van der Waals surface area (Å²) < 4.78 is 22.6. The summed E-state index contributed by atoms with van der Waals surface area (Å²) in [6.45, 7) is 2.51. The highest BCUT2D eigenvalue weighted by molar-refractivity contribution is 5.99. The number of hydrogen-bond donors (Lipinski definition) is 1. The van der Waals surface area contributed by atoms with Crippen molar-refractivity contribution in [2.75, 3.05) is 32.6 Å². The largest absolute Gasteiger partial charge is 0.493 e. The van der Waals surface area contributed by atoms with Crippen LogP contribution in [0.1, 0.15) is 17.5 Å². The fourth-order valence-electron chi connectivity index (χ4n) is 5.06. The molecule has 39 heavy (non-hydrogen) atoms. The zero-order chi connectivity index (χ0) is 26.8. The molecule has 3 heterocycles. The number of amides is 1. The Morgan fingerprint density at radius 3 is 2.64 bits per heavy atom. The highest BCUT2D eigenvalue weighted by Crippen LogP contribution is 2.38. The standard InChI is InChI=1S/C31H29N3O5/c1-36-26-10-9-21(16-28(26)37-2)24-17-23(18-25-30(24)39-31(33-25)27-8-5-15-38-27)32-29(35)12-14-34-13-11-20-6-3-4-7-22(20)19-34/h3-10,15-18H,11-14,19H2,1-2H3,(H,32,35). The van der Waals surface area contributed by atoms with E-state index in [1.165, 1.54) is 11.1 Å². The van der Waals surface area contributed by atoms with Gasteiger partial charge in [-0.3, -0.25) is 9.69 Å². The number of oxazole rings is 1. The average Bonchev–Trinajstić information content (AvgIpc) is 3.65. The molecule has 0 saturated heterocycles. The highest BCUT2D eigenvalue weighted by atomic mass is 16.5. The van der Waals surface area contributed by atoms with Gasteiger partial charge in [0.2, 0.25) is 5.91 Å². The Hall–Kier alpha value is -4.56. The monoisotopic (exact) mass is 523 g/mol. The fraction of sp³-hybridized carbons (Fsp3) is 0.226. The molecule has 1 aliphatic heterocycles. The predicted octanol–water partition coefficient (Wildman–Crippen LogP) is 6.16. The van der Waals surface area contributed by atoms with Crippen molar-refractivity contribution in [3.63, 3.8) is 0 Å². The van der Waals surface area contributed by atoms with Gasteiger partial charge in [0.1, 0.15) is 5.52 Å². The maximum Gasteiger partial charge on any atom is 0.263 e. The first-order valence-corrected chi connectivity index (χ1v) is 12.9. The second-order valence-corrected chi connectivity index (χ2v) is 9.53. The quantitative estimate of drug-likeness (QED) is 0.261. The Morgan fingerprint density at radius 1 is 1.00 bits per heavy atom. The van der Waals surface area contributed by atoms with Gasteiger partial charge in [-0.1, -0.05) is 30.3 Å². The second kappa shape index (κ2) is 10.7. The molecule has 0 unspecified atom stereocenters. The first-order chi connectivity index (χ1) is 19.1. The van der Waals surface area contributed by atoms with Crippen LogP contribution in [0.15, 0.2) is 81.8 Å². The van der Waals surface area contributed by atoms with Crippen LogP contribution in [0, 0.1) is 0 Å². The smallest absolute Gasteiger partial charge is 0.263 e. The molecule has 6 rings (SSSR count). The van der Waals surface area contributed by atoms with Gasteiger partial charge in [0.25, 0.3) is 5.89 Å². The van der Waals surface area contributed by atoms with Crippen molar-refractivity contribution in [3.8, 4) is 34.3 Å². The summed E-state index contributed by atoms with van der Waals surface area (Å²) in [5, 5.41) is 3.07. The molecule has 1 aliphatic rings. The van der Waals surface area contributed by atoms with E-state index < -0.39 is 0 Å². The molecule has 0 fully saturated rings. The summed E-state index contributed by atoms with van der Waals surface area (Å²) in [6.07, 6.45) is 2.97. The number of methoxy groups -OCH3 is 2. The summed E-state index contributed by atoms with van der Waals surface area (Å²) in [5.41, 5.74) is 6.17. The van der Waals surface area contributed by atoms with E-state index in [-0.39, 0.29) is 5.91 Å². The van der Waals surface area contributed by atoms with Gasteiger partial charge < -0.3 is 23.6 Å². The third-order valence-corrected chi connectivity index (χ3v) is 7.07. The lowest BCUT2D eigenvalue weighted by atomic mass is 10.00. The van der Waals surface area contributed by atoms with Crippen LogP contribution in [0.25, 0.3) is 33.9 Å². The molecule has 0 radical (unpaired) electrons. The van der Waals surface area contributed by atoms with Crippen molar-refractivity contribution in [3.05, 3.63) is 84.1 Å². The zero-order valence-electron chi connectivity index (χ0n) is 21.9. The maximum atomic E-state index is 13.0.